The third-order valence-electron chi connectivity index (χ3n) is 5.52. The van der Waals surface area contributed by atoms with Crippen LogP contribution in [0.4, 0.5) is 0 Å². The molecule has 7 heteroatoms. The lowest BCUT2D eigenvalue weighted by Gasteiger charge is -2.34. The minimum Gasteiger partial charge on any atom is -0.488 e. The molecule has 1 aliphatic heterocycles. The van der Waals surface area contributed by atoms with Crippen molar-refractivity contribution in [2.45, 2.75) is 33.9 Å². The summed E-state index contributed by atoms with van der Waals surface area (Å²) in [5, 5.41) is 6.17. The predicted octanol–water partition coefficient (Wildman–Crippen LogP) is 4.20. The zero-order chi connectivity index (χ0) is 21.1. The van der Waals surface area contributed by atoms with Crippen LogP contribution in [0, 0.1) is 20.8 Å². The summed E-state index contributed by atoms with van der Waals surface area (Å²) < 4.78 is 11.4. The number of nitrogens with zero attached hydrogens (tertiary/aromatic N) is 3. The second-order valence-electron chi connectivity index (χ2n) is 7.77. The van der Waals surface area contributed by atoms with Crippen LogP contribution >= 0.6 is 11.3 Å². The fourth-order valence-electron chi connectivity index (χ4n) is 3.62. The topological polar surface area (TPSA) is 58.8 Å². The number of amides is 1. The molecule has 0 spiro atoms. The van der Waals surface area contributed by atoms with Gasteiger partial charge in [-0.25, -0.2) is 0 Å². The first kappa shape index (κ1) is 20.6. The third-order valence-corrected chi connectivity index (χ3v) is 6.38. The van der Waals surface area contributed by atoms with Gasteiger partial charge in [-0.2, -0.15) is 0 Å². The van der Waals surface area contributed by atoms with E-state index >= 15 is 0 Å². The maximum atomic E-state index is 13.1. The van der Waals surface area contributed by atoms with Gasteiger partial charge in [-0.05, 0) is 49.4 Å². The van der Waals surface area contributed by atoms with E-state index in [2.05, 4.69) is 33.6 Å². The van der Waals surface area contributed by atoms with Crippen LogP contribution in [0.1, 0.15) is 37.8 Å². The number of benzene rings is 1. The number of aryl methyl sites for hydroxylation is 3. The van der Waals surface area contributed by atoms with Crippen molar-refractivity contribution < 1.29 is 14.1 Å². The Hall–Kier alpha value is -2.64. The van der Waals surface area contributed by atoms with E-state index in [1.807, 2.05) is 37.8 Å². The van der Waals surface area contributed by atoms with Gasteiger partial charge in [0.25, 0.3) is 5.91 Å². The molecule has 0 unspecified atom stereocenters. The van der Waals surface area contributed by atoms with Crippen LogP contribution in [0.25, 0.3) is 0 Å². The molecule has 2 aromatic heterocycles. The highest BCUT2D eigenvalue weighted by atomic mass is 32.1. The molecule has 1 aromatic carbocycles. The molecule has 3 heterocycles. The van der Waals surface area contributed by atoms with Crippen LogP contribution in [-0.2, 0) is 13.2 Å². The lowest BCUT2D eigenvalue weighted by Crippen LogP contribution is -2.48. The summed E-state index contributed by atoms with van der Waals surface area (Å²) in [6, 6.07) is 10.3. The van der Waals surface area contributed by atoms with Gasteiger partial charge in [0.15, 0.2) is 5.69 Å². The van der Waals surface area contributed by atoms with Crippen molar-refractivity contribution in [3.8, 4) is 5.75 Å². The molecule has 4 rings (SSSR count). The largest absolute Gasteiger partial charge is 0.488 e. The predicted molar refractivity (Wildman–Crippen MR) is 117 cm³/mol. The van der Waals surface area contributed by atoms with Crippen molar-refractivity contribution >= 4 is 17.2 Å². The van der Waals surface area contributed by atoms with Gasteiger partial charge in [0.2, 0.25) is 0 Å². The molecule has 0 saturated carbocycles. The maximum absolute atomic E-state index is 13.1. The molecule has 30 heavy (non-hydrogen) atoms. The van der Waals surface area contributed by atoms with Crippen molar-refractivity contribution in [3.05, 3.63) is 68.7 Å². The number of hydrogen-bond donors (Lipinski definition) is 0. The van der Waals surface area contributed by atoms with Crippen LogP contribution in [0.5, 0.6) is 5.75 Å². The fourth-order valence-corrected chi connectivity index (χ4v) is 4.37. The zero-order valence-corrected chi connectivity index (χ0v) is 18.5. The number of carbonyl (C=O) groups excluding carboxylic acids is 1. The third kappa shape index (κ3) is 4.57. The highest BCUT2D eigenvalue weighted by Gasteiger charge is 2.28. The number of piperazine rings is 1. The van der Waals surface area contributed by atoms with Crippen LogP contribution in [0.15, 0.2) is 40.2 Å². The summed E-state index contributed by atoms with van der Waals surface area (Å²) >= 11 is 1.77. The standard InChI is InChI=1S/C23H27N3O3S/c1-16-6-7-17(2)21(13-16)28-15-20-18(3)29-24-22(20)23(27)26-10-8-25(9-11-26)14-19-5-4-12-30-19/h4-7,12-13H,8-11,14-15H2,1-3H3. The molecule has 0 radical (unpaired) electrons. The summed E-state index contributed by atoms with van der Waals surface area (Å²) in [7, 11) is 0. The number of rotatable bonds is 6. The molecule has 1 amide bonds. The Labute approximate surface area is 181 Å². The highest BCUT2D eigenvalue weighted by molar-refractivity contribution is 7.09. The van der Waals surface area contributed by atoms with E-state index in [-0.39, 0.29) is 12.5 Å². The van der Waals surface area contributed by atoms with E-state index in [0.29, 0.717) is 24.5 Å². The molecule has 1 aliphatic rings. The first-order valence-corrected chi connectivity index (χ1v) is 11.1. The first-order valence-electron chi connectivity index (χ1n) is 10.2. The number of hydrogen-bond acceptors (Lipinski definition) is 6. The van der Waals surface area contributed by atoms with Gasteiger partial charge < -0.3 is 14.2 Å². The van der Waals surface area contributed by atoms with Crippen molar-refractivity contribution in [1.29, 1.82) is 0 Å². The molecular formula is C23H27N3O3S. The van der Waals surface area contributed by atoms with Crippen molar-refractivity contribution in [2.75, 3.05) is 26.2 Å². The van der Waals surface area contributed by atoms with Crippen molar-refractivity contribution in [1.82, 2.24) is 15.0 Å². The van der Waals surface area contributed by atoms with Crippen LogP contribution in [0.2, 0.25) is 0 Å². The van der Waals surface area contributed by atoms with E-state index in [0.717, 1.165) is 42.1 Å². The quantitative estimate of drug-likeness (QED) is 0.592. The van der Waals surface area contributed by atoms with Gasteiger partial charge in [-0.15, -0.1) is 11.3 Å². The van der Waals surface area contributed by atoms with Gasteiger partial charge in [-0.1, -0.05) is 23.4 Å². The number of ether oxygens (including phenoxy) is 1. The Balaban J connectivity index is 1.39. The Morgan fingerprint density at radius 2 is 1.97 bits per heavy atom. The van der Waals surface area contributed by atoms with E-state index in [1.165, 1.54) is 4.88 Å². The molecule has 0 aliphatic carbocycles. The van der Waals surface area contributed by atoms with E-state index in [9.17, 15) is 4.79 Å². The first-order chi connectivity index (χ1) is 14.5. The average Bonchev–Trinajstić information content (AvgIpc) is 3.38. The summed E-state index contributed by atoms with van der Waals surface area (Å²) in [6.45, 7) is 10.2. The van der Waals surface area contributed by atoms with Gasteiger partial charge in [0.1, 0.15) is 18.1 Å². The van der Waals surface area contributed by atoms with Gasteiger partial charge in [0.05, 0.1) is 5.56 Å². The molecule has 158 valence electrons. The van der Waals surface area contributed by atoms with E-state index < -0.39 is 0 Å². The van der Waals surface area contributed by atoms with Crippen LogP contribution in [0.3, 0.4) is 0 Å². The van der Waals surface area contributed by atoms with E-state index in [4.69, 9.17) is 9.26 Å². The van der Waals surface area contributed by atoms with Gasteiger partial charge in [-0.3, -0.25) is 9.69 Å². The Morgan fingerprint density at radius 1 is 1.17 bits per heavy atom. The Morgan fingerprint density at radius 3 is 2.70 bits per heavy atom. The minimum atomic E-state index is -0.0813. The van der Waals surface area contributed by atoms with Crippen molar-refractivity contribution in [3.63, 3.8) is 0 Å². The lowest BCUT2D eigenvalue weighted by molar-refractivity contribution is 0.0617. The van der Waals surface area contributed by atoms with Gasteiger partial charge >= 0.3 is 0 Å². The smallest absolute Gasteiger partial charge is 0.276 e. The second kappa shape index (κ2) is 9.02. The summed E-state index contributed by atoms with van der Waals surface area (Å²) in [6.07, 6.45) is 0. The van der Waals surface area contributed by atoms with E-state index in [1.54, 1.807) is 11.3 Å². The monoisotopic (exact) mass is 425 g/mol. The molecule has 1 fully saturated rings. The maximum Gasteiger partial charge on any atom is 0.276 e. The lowest BCUT2D eigenvalue weighted by atomic mass is 10.1. The van der Waals surface area contributed by atoms with Crippen LogP contribution in [-0.4, -0.2) is 47.0 Å². The fraction of sp³-hybridized carbons (Fsp3) is 0.391. The number of thiophene rings is 1. The molecule has 1 saturated heterocycles. The summed E-state index contributed by atoms with van der Waals surface area (Å²) in [5.74, 6) is 1.36. The molecular weight excluding hydrogens is 398 g/mol. The molecule has 0 atom stereocenters. The minimum absolute atomic E-state index is 0.0813. The molecule has 0 N–H and O–H groups in total. The Kier molecular flexibility index (Phi) is 6.20. The van der Waals surface area contributed by atoms with Gasteiger partial charge in [0, 0.05) is 37.6 Å². The number of carbonyl (C=O) groups is 1. The second-order valence-corrected chi connectivity index (χ2v) is 8.80. The number of aromatic nitrogens is 1. The Bertz CT molecular complexity index is 1000. The average molecular weight is 426 g/mol. The summed E-state index contributed by atoms with van der Waals surface area (Å²) in [5.41, 5.74) is 3.28. The zero-order valence-electron chi connectivity index (χ0n) is 17.7. The molecule has 6 nitrogen and oxygen atoms in total. The van der Waals surface area contributed by atoms with Crippen LogP contribution < -0.4 is 4.74 Å². The SMILES string of the molecule is Cc1ccc(C)c(OCc2c(C(=O)N3CCN(Cc4cccs4)CC3)noc2C)c1. The highest BCUT2D eigenvalue weighted by Crippen LogP contribution is 2.23. The molecule has 3 aromatic rings. The van der Waals surface area contributed by atoms with Crippen molar-refractivity contribution in [2.24, 2.45) is 0 Å². The normalized spacial score (nSPS) is 14.8. The summed E-state index contributed by atoms with van der Waals surface area (Å²) in [4.78, 5) is 18.7. The molecule has 0 bridgehead atoms.